The molecule has 1 atom stereocenters. The molecule has 1 aromatic heterocycles. The van der Waals surface area contributed by atoms with Gasteiger partial charge >= 0.3 is 5.97 Å². The summed E-state index contributed by atoms with van der Waals surface area (Å²) in [6.07, 6.45) is 3.94. The molecule has 1 aliphatic rings. The molecule has 2 heterocycles. The van der Waals surface area contributed by atoms with Crippen LogP contribution in [0.1, 0.15) is 67.8 Å². The van der Waals surface area contributed by atoms with Crippen LogP contribution >= 0.6 is 0 Å². The van der Waals surface area contributed by atoms with Crippen molar-refractivity contribution in [1.29, 1.82) is 0 Å². The molecule has 1 amide bonds. The van der Waals surface area contributed by atoms with Crippen LogP contribution in [-0.4, -0.2) is 65.1 Å². The molecule has 1 fully saturated rings. The number of nitrogens with zero attached hydrogens (tertiary/aromatic N) is 3. The summed E-state index contributed by atoms with van der Waals surface area (Å²) in [7, 11) is 1.23. The molecular formula is C20H31N3O4. The largest absolute Gasteiger partial charge is 0.465 e. The van der Waals surface area contributed by atoms with Gasteiger partial charge in [-0.2, -0.15) is 0 Å². The predicted molar refractivity (Wildman–Crippen MR) is 104 cm³/mol. The molecule has 27 heavy (non-hydrogen) atoms. The van der Waals surface area contributed by atoms with E-state index in [1.807, 2.05) is 13.8 Å². The fourth-order valence-electron chi connectivity index (χ4n) is 3.57. The van der Waals surface area contributed by atoms with Crippen molar-refractivity contribution in [3.63, 3.8) is 0 Å². The number of aromatic nitrogens is 1. The van der Waals surface area contributed by atoms with Crippen molar-refractivity contribution in [2.75, 3.05) is 26.7 Å². The van der Waals surface area contributed by atoms with Crippen LogP contribution < -0.4 is 5.43 Å². The molecule has 0 aliphatic carbocycles. The van der Waals surface area contributed by atoms with Crippen LogP contribution in [0.5, 0.6) is 0 Å². The smallest absolute Gasteiger partial charge is 0.343 e. The lowest BCUT2D eigenvalue weighted by Gasteiger charge is -2.43. The SMILES string of the molecule is CC[C@@H]1CN(C(=O)c2cn(C(C)C)cc(C(=O)OC)c2=O)CCN1C(C)C. The van der Waals surface area contributed by atoms with Gasteiger partial charge in [0.05, 0.1) is 7.11 Å². The quantitative estimate of drug-likeness (QED) is 0.736. The van der Waals surface area contributed by atoms with Crippen molar-refractivity contribution in [3.8, 4) is 0 Å². The Morgan fingerprint density at radius 1 is 1.11 bits per heavy atom. The van der Waals surface area contributed by atoms with E-state index >= 15 is 0 Å². The molecule has 1 saturated heterocycles. The first-order valence-electron chi connectivity index (χ1n) is 9.60. The fraction of sp³-hybridized carbons (Fsp3) is 0.650. The number of hydrogen-bond donors (Lipinski definition) is 0. The van der Waals surface area contributed by atoms with Crippen LogP contribution in [0.25, 0.3) is 0 Å². The highest BCUT2D eigenvalue weighted by Gasteiger charge is 2.32. The molecule has 2 rings (SSSR count). The standard InChI is InChI=1S/C20H31N3O4/c1-7-15-10-21(8-9-23(15)14(4)5)19(25)16-11-22(13(2)3)12-17(18(16)24)20(26)27-6/h11-15H,7-10H2,1-6H3/t15-/m1/s1. The fourth-order valence-corrected chi connectivity index (χ4v) is 3.57. The molecule has 7 nitrogen and oxygen atoms in total. The Balaban J connectivity index is 2.39. The van der Waals surface area contributed by atoms with Gasteiger partial charge in [-0.25, -0.2) is 4.79 Å². The van der Waals surface area contributed by atoms with E-state index in [2.05, 4.69) is 25.7 Å². The zero-order chi connectivity index (χ0) is 20.3. The lowest BCUT2D eigenvalue weighted by Crippen LogP contribution is -2.57. The van der Waals surface area contributed by atoms with Crippen LogP contribution in [0, 0.1) is 0 Å². The van der Waals surface area contributed by atoms with E-state index < -0.39 is 11.4 Å². The molecule has 0 spiro atoms. The van der Waals surface area contributed by atoms with E-state index in [0.717, 1.165) is 13.0 Å². The summed E-state index contributed by atoms with van der Waals surface area (Å²) in [5.41, 5.74) is -0.646. The third kappa shape index (κ3) is 4.40. The normalized spacial score (nSPS) is 18.2. The van der Waals surface area contributed by atoms with Gasteiger partial charge in [-0.15, -0.1) is 0 Å². The Labute approximate surface area is 160 Å². The van der Waals surface area contributed by atoms with Crippen molar-refractivity contribution in [2.45, 2.75) is 59.2 Å². The average molecular weight is 377 g/mol. The summed E-state index contributed by atoms with van der Waals surface area (Å²) < 4.78 is 6.43. The minimum Gasteiger partial charge on any atom is -0.465 e. The van der Waals surface area contributed by atoms with Gasteiger partial charge in [-0.05, 0) is 34.1 Å². The molecule has 0 bridgehead atoms. The number of piperazine rings is 1. The van der Waals surface area contributed by atoms with Gasteiger partial charge in [-0.3, -0.25) is 14.5 Å². The number of carbonyl (C=O) groups is 2. The lowest BCUT2D eigenvalue weighted by atomic mass is 10.1. The monoisotopic (exact) mass is 377 g/mol. The van der Waals surface area contributed by atoms with E-state index in [4.69, 9.17) is 4.74 Å². The molecule has 150 valence electrons. The third-order valence-electron chi connectivity index (χ3n) is 5.23. The highest BCUT2D eigenvalue weighted by atomic mass is 16.5. The van der Waals surface area contributed by atoms with E-state index in [0.29, 0.717) is 19.1 Å². The number of amides is 1. The lowest BCUT2D eigenvalue weighted by molar-refractivity contribution is 0.0370. The summed E-state index contributed by atoms with van der Waals surface area (Å²) >= 11 is 0. The molecule has 0 saturated carbocycles. The summed E-state index contributed by atoms with van der Waals surface area (Å²) in [5.74, 6) is -1.04. The molecule has 0 aromatic carbocycles. The van der Waals surface area contributed by atoms with Gasteiger partial charge in [0.1, 0.15) is 11.1 Å². The Bertz CT molecular complexity index is 754. The predicted octanol–water partition coefficient (Wildman–Crippen LogP) is 2.16. The van der Waals surface area contributed by atoms with Gasteiger partial charge in [0.2, 0.25) is 5.43 Å². The van der Waals surface area contributed by atoms with E-state index in [1.54, 1.807) is 15.7 Å². The van der Waals surface area contributed by atoms with E-state index in [1.165, 1.54) is 13.3 Å². The zero-order valence-corrected chi connectivity index (χ0v) is 17.2. The van der Waals surface area contributed by atoms with Crippen LogP contribution in [0.15, 0.2) is 17.2 Å². The van der Waals surface area contributed by atoms with Crippen LogP contribution in [-0.2, 0) is 4.74 Å². The highest BCUT2D eigenvalue weighted by molar-refractivity contribution is 5.97. The second-order valence-corrected chi connectivity index (χ2v) is 7.59. The molecular weight excluding hydrogens is 346 g/mol. The van der Waals surface area contributed by atoms with E-state index in [-0.39, 0.29) is 29.1 Å². The second-order valence-electron chi connectivity index (χ2n) is 7.59. The van der Waals surface area contributed by atoms with Gasteiger partial charge < -0.3 is 14.2 Å². The molecule has 7 heteroatoms. The minimum atomic E-state index is -0.722. The Morgan fingerprint density at radius 3 is 2.26 bits per heavy atom. The molecule has 1 aliphatic heterocycles. The molecule has 0 N–H and O–H groups in total. The number of hydrogen-bond acceptors (Lipinski definition) is 5. The first-order valence-corrected chi connectivity index (χ1v) is 9.60. The van der Waals surface area contributed by atoms with Gasteiger partial charge in [0.25, 0.3) is 5.91 Å². The molecule has 1 aromatic rings. The van der Waals surface area contributed by atoms with Crippen molar-refractivity contribution in [2.24, 2.45) is 0 Å². The van der Waals surface area contributed by atoms with Gasteiger partial charge in [-0.1, -0.05) is 6.92 Å². The highest BCUT2D eigenvalue weighted by Crippen LogP contribution is 2.18. The Morgan fingerprint density at radius 2 is 1.74 bits per heavy atom. The topological polar surface area (TPSA) is 71.9 Å². The van der Waals surface area contributed by atoms with Crippen molar-refractivity contribution < 1.29 is 14.3 Å². The van der Waals surface area contributed by atoms with Gasteiger partial charge in [0.15, 0.2) is 0 Å². The van der Waals surface area contributed by atoms with Crippen LogP contribution in [0.2, 0.25) is 0 Å². The number of methoxy groups -OCH3 is 1. The van der Waals surface area contributed by atoms with Gasteiger partial charge in [0, 0.05) is 50.2 Å². The van der Waals surface area contributed by atoms with Crippen LogP contribution in [0.3, 0.4) is 0 Å². The van der Waals surface area contributed by atoms with Crippen molar-refractivity contribution in [3.05, 3.63) is 33.7 Å². The molecule has 0 radical (unpaired) electrons. The zero-order valence-electron chi connectivity index (χ0n) is 17.2. The summed E-state index contributed by atoms with van der Waals surface area (Å²) in [5, 5.41) is 0. The maximum absolute atomic E-state index is 13.1. The summed E-state index contributed by atoms with van der Waals surface area (Å²) in [4.78, 5) is 42.0. The maximum atomic E-state index is 13.1. The third-order valence-corrected chi connectivity index (χ3v) is 5.23. The maximum Gasteiger partial charge on any atom is 0.343 e. The number of ether oxygens (including phenoxy) is 1. The Kier molecular flexibility index (Phi) is 6.81. The van der Waals surface area contributed by atoms with Crippen LogP contribution in [0.4, 0.5) is 0 Å². The first-order chi connectivity index (χ1) is 12.7. The number of esters is 1. The van der Waals surface area contributed by atoms with Crippen molar-refractivity contribution in [1.82, 2.24) is 14.4 Å². The van der Waals surface area contributed by atoms with E-state index in [9.17, 15) is 14.4 Å². The average Bonchev–Trinajstić information content (AvgIpc) is 2.66. The second kappa shape index (κ2) is 8.69. The Hall–Kier alpha value is -2.15. The number of rotatable bonds is 5. The summed E-state index contributed by atoms with van der Waals surface area (Å²) in [6, 6.07) is 0.675. The number of carbonyl (C=O) groups excluding carboxylic acids is 2. The first kappa shape index (κ1) is 21.2. The summed E-state index contributed by atoms with van der Waals surface area (Å²) in [6.45, 7) is 12.2. The minimum absolute atomic E-state index is 0.00161. The van der Waals surface area contributed by atoms with Crippen molar-refractivity contribution >= 4 is 11.9 Å². The molecule has 0 unspecified atom stereocenters. The number of pyridine rings is 1.